The van der Waals surface area contributed by atoms with Crippen LogP contribution in [0.25, 0.3) is 10.8 Å². The van der Waals surface area contributed by atoms with Crippen LogP contribution in [0, 0.1) is 6.92 Å². The van der Waals surface area contributed by atoms with Crippen LogP contribution in [0.3, 0.4) is 0 Å². The summed E-state index contributed by atoms with van der Waals surface area (Å²) in [4.78, 5) is 4.21. The number of nitrogens with zero attached hydrogens (tertiary/aromatic N) is 1. The van der Waals surface area contributed by atoms with Crippen molar-refractivity contribution in [3.63, 3.8) is 0 Å². The zero-order valence-corrected chi connectivity index (χ0v) is 8.80. The third kappa shape index (κ3) is 1.40. The van der Waals surface area contributed by atoms with Crippen LogP contribution in [0.4, 0.5) is 5.69 Å². The van der Waals surface area contributed by atoms with Crippen molar-refractivity contribution < 1.29 is 0 Å². The maximum absolute atomic E-state index is 5.91. The topological polar surface area (TPSA) is 38.9 Å². The molecule has 1 aromatic heterocycles. The Kier molecular flexibility index (Phi) is 1.96. The summed E-state index contributed by atoms with van der Waals surface area (Å²) in [6.07, 6.45) is 1.84. The Hall–Kier alpha value is -1.09. The highest BCUT2D eigenvalue weighted by atomic mass is 79.9. The third-order valence-corrected chi connectivity index (χ3v) is 2.72. The molecule has 0 amide bonds. The Bertz CT molecular complexity index is 460. The highest BCUT2D eigenvalue weighted by molar-refractivity contribution is 9.10. The van der Waals surface area contributed by atoms with Gasteiger partial charge in [-0.2, -0.15) is 0 Å². The summed E-state index contributed by atoms with van der Waals surface area (Å²) in [6.45, 7) is 1.96. The molecule has 0 atom stereocenters. The smallest absolute Gasteiger partial charge is 0.0539 e. The molecule has 13 heavy (non-hydrogen) atoms. The molecule has 2 rings (SSSR count). The predicted molar refractivity (Wildman–Crippen MR) is 58.6 cm³/mol. The number of benzene rings is 1. The van der Waals surface area contributed by atoms with Crippen LogP contribution >= 0.6 is 15.9 Å². The Labute approximate surface area is 84.9 Å². The number of hydrogen-bond acceptors (Lipinski definition) is 2. The van der Waals surface area contributed by atoms with Crippen LogP contribution in [-0.4, -0.2) is 4.98 Å². The molecule has 0 aliphatic heterocycles. The molecule has 2 N–H and O–H groups in total. The minimum absolute atomic E-state index is 0.781. The maximum Gasteiger partial charge on any atom is 0.0539 e. The third-order valence-electron chi connectivity index (χ3n) is 2.03. The lowest BCUT2D eigenvalue weighted by Crippen LogP contribution is -1.90. The molecular formula is C10H9BrN2. The van der Waals surface area contributed by atoms with Crippen LogP contribution in [0.15, 0.2) is 28.9 Å². The quantitative estimate of drug-likeness (QED) is 0.715. The molecule has 0 saturated carbocycles. The minimum atomic E-state index is 0.781. The molecule has 0 aliphatic rings. The van der Waals surface area contributed by atoms with Crippen molar-refractivity contribution in [3.05, 3.63) is 34.6 Å². The average Bonchev–Trinajstić information content (AvgIpc) is 2.12. The van der Waals surface area contributed by atoms with Crippen LogP contribution in [-0.2, 0) is 0 Å². The van der Waals surface area contributed by atoms with Crippen molar-refractivity contribution in [1.29, 1.82) is 0 Å². The van der Waals surface area contributed by atoms with Crippen molar-refractivity contribution >= 4 is 32.4 Å². The second-order valence-electron chi connectivity index (χ2n) is 3.01. The lowest BCUT2D eigenvalue weighted by molar-refractivity contribution is 1.22. The Morgan fingerprint density at radius 2 is 2.15 bits per heavy atom. The second kappa shape index (κ2) is 3.00. The van der Waals surface area contributed by atoms with Gasteiger partial charge in [0, 0.05) is 27.1 Å². The van der Waals surface area contributed by atoms with Gasteiger partial charge in [0.05, 0.1) is 5.69 Å². The van der Waals surface area contributed by atoms with E-state index >= 15 is 0 Å². The van der Waals surface area contributed by atoms with Gasteiger partial charge in [-0.3, -0.25) is 4.98 Å². The summed E-state index contributed by atoms with van der Waals surface area (Å²) in [6, 6.07) is 5.94. The molecular weight excluding hydrogens is 228 g/mol. The SMILES string of the molecule is Cc1cc2c(N)c(Br)ccc2cn1. The van der Waals surface area contributed by atoms with Crippen LogP contribution in [0.5, 0.6) is 0 Å². The van der Waals surface area contributed by atoms with Crippen molar-refractivity contribution in [2.24, 2.45) is 0 Å². The number of pyridine rings is 1. The fourth-order valence-electron chi connectivity index (χ4n) is 1.32. The zero-order chi connectivity index (χ0) is 9.42. The normalized spacial score (nSPS) is 10.6. The van der Waals surface area contributed by atoms with E-state index in [9.17, 15) is 0 Å². The summed E-state index contributed by atoms with van der Waals surface area (Å²) < 4.78 is 0.936. The van der Waals surface area contributed by atoms with Crippen molar-refractivity contribution in [2.45, 2.75) is 6.92 Å². The van der Waals surface area contributed by atoms with Crippen molar-refractivity contribution in [1.82, 2.24) is 4.98 Å². The molecule has 1 heterocycles. The van der Waals surface area contributed by atoms with Gasteiger partial charge in [-0.25, -0.2) is 0 Å². The summed E-state index contributed by atoms with van der Waals surface area (Å²) in [7, 11) is 0. The van der Waals surface area contributed by atoms with E-state index in [0.717, 1.165) is 26.6 Å². The van der Waals surface area contributed by atoms with E-state index in [1.54, 1.807) is 0 Å². The molecule has 0 radical (unpaired) electrons. The van der Waals surface area contributed by atoms with Crippen molar-refractivity contribution in [2.75, 3.05) is 5.73 Å². The number of aromatic nitrogens is 1. The van der Waals surface area contributed by atoms with Gasteiger partial charge >= 0.3 is 0 Å². The van der Waals surface area contributed by atoms with E-state index in [2.05, 4.69) is 20.9 Å². The standard InChI is InChI=1S/C10H9BrN2/c1-6-4-8-7(5-13-6)2-3-9(11)10(8)12/h2-5H,12H2,1H3. The number of anilines is 1. The van der Waals surface area contributed by atoms with E-state index in [1.807, 2.05) is 31.3 Å². The lowest BCUT2D eigenvalue weighted by Gasteiger charge is -2.04. The zero-order valence-electron chi connectivity index (χ0n) is 7.21. The molecule has 2 nitrogen and oxygen atoms in total. The maximum atomic E-state index is 5.91. The van der Waals surface area contributed by atoms with Crippen LogP contribution in [0.1, 0.15) is 5.69 Å². The average molecular weight is 237 g/mol. The van der Waals surface area contributed by atoms with E-state index in [4.69, 9.17) is 5.73 Å². The molecule has 0 bridgehead atoms. The first-order valence-electron chi connectivity index (χ1n) is 3.99. The molecule has 2 aromatic rings. The fourth-order valence-corrected chi connectivity index (χ4v) is 1.66. The van der Waals surface area contributed by atoms with E-state index in [1.165, 1.54) is 0 Å². The highest BCUT2D eigenvalue weighted by Crippen LogP contribution is 2.28. The monoisotopic (exact) mass is 236 g/mol. The summed E-state index contributed by atoms with van der Waals surface area (Å²) in [5, 5.41) is 2.13. The number of fused-ring (bicyclic) bond motifs is 1. The molecule has 0 aliphatic carbocycles. The van der Waals surface area contributed by atoms with Gasteiger partial charge in [-0.05, 0) is 35.0 Å². The highest BCUT2D eigenvalue weighted by Gasteiger charge is 2.01. The van der Waals surface area contributed by atoms with Gasteiger partial charge in [0.1, 0.15) is 0 Å². The Morgan fingerprint density at radius 1 is 1.38 bits per heavy atom. The number of rotatable bonds is 0. The van der Waals surface area contributed by atoms with Gasteiger partial charge in [-0.15, -0.1) is 0 Å². The van der Waals surface area contributed by atoms with Crippen LogP contribution < -0.4 is 5.73 Å². The van der Waals surface area contributed by atoms with Crippen molar-refractivity contribution in [3.8, 4) is 0 Å². The van der Waals surface area contributed by atoms with E-state index in [0.29, 0.717) is 0 Å². The van der Waals surface area contributed by atoms with E-state index < -0.39 is 0 Å². The summed E-state index contributed by atoms with van der Waals surface area (Å²) in [5.41, 5.74) is 7.68. The molecule has 0 fully saturated rings. The number of aryl methyl sites for hydroxylation is 1. The lowest BCUT2D eigenvalue weighted by atomic mass is 10.1. The van der Waals surface area contributed by atoms with Crippen LogP contribution in [0.2, 0.25) is 0 Å². The Morgan fingerprint density at radius 3 is 2.92 bits per heavy atom. The first kappa shape index (κ1) is 8.51. The number of halogens is 1. The first-order valence-corrected chi connectivity index (χ1v) is 4.78. The molecule has 0 saturated heterocycles. The number of nitrogen functional groups attached to an aromatic ring is 1. The number of hydrogen-bond donors (Lipinski definition) is 1. The van der Waals surface area contributed by atoms with Gasteiger partial charge < -0.3 is 5.73 Å². The molecule has 0 unspecified atom stereocenters. The largest absolute Gasteiger partial charge is 0.397 e. The van der Waals surface area contributed by atoms with Gasteiger partial charge in [0.2, 0.25) is 0 Å². The summed E-state index contributed by atoms with van der Waals surface area (Å²) >= 11 is 3.40. The molecule has 1 aromatic carbocycles. The molecule has 0 spiro atoms. The Balaban J connectivity index is 2.89. The fraction of sp³-hybridized carbons (Fsp3) is 0.100. The predicted octanol–water partition coefficient (Wildman–Crippen LogP) is 2.89. The van der Waals surface area contributed by atoms with Gasteiger partial charge in [0.15, 0.2) is 0 Å². The first-order chi connectivity index (χ1) is 6.18. The second-order valence-corrected chi connectivity index (χ2v) is 3.86. The van der Waals surface area contributed by atoms with E-state index in [-0.39, 0.29) is 0 Å². The number of nitrogens with two attached hydrogens (primary N) is 1. The molecule has 3 heteroatoms. The summed E-state index contributed by atoms with van der Waals surface area (Å²) in [5.74, 6) is 0. The minimum Gasteiger partial charge on any atom is -0.397 e. The van der Waals surface area contributed by atoms with Gasteiger partial charge in [0.25, 0.3) is 0 Å². The molecule has 66 valence electrons. The van der Waals surface area contributed by atoms with Gasteiger partial charge in [-0.1, -0.05) is 6.07 Å².